The zero-order valence-electron chi connectivity index (χ0n) is 10.4. The number of ether oxygens (including phenoxy) is 1. The third kappa shape index (κ3) is 4.09. The Morgan fingerprint density at radius 1 is 1.47 bits per heavy atom. The van der Waals surface area contributed by atoms with Crippen molar-refractivity contribution in [2.24, 2.45) is 11.7 Å². The average Bonchev–Trinajstić information content (AvgIpc) is 2.20. The summed E-state index contributed by atoms with van der Waals surface area (Å²) in [6.07, 6.45) is 2.23. The monoisotopic (exact) mass is 214 g/mol. The van der Waals surface area contributed by atoms with Crippen molar-refractivity contribution in [3.05, 3.63) is 0 Å². The Morgan fingerprint density at radius 2 is 2.20 bits per heavy atom. The Kier molecular flexibility index (Phi) is 5.58. The Labute approximate surface area is 94.0 Å². The smallest absolute Gasteiger partial charge is 0.0521 e. The molecule has 2 N–H and O–H groups in total. The van der Waals surface area contributed by atoms with Gasteiger partial charge in [-0.25, -0.2) is 0 Å². The molecule has 0 spiro atoms. The maximum Gasteiger partial charge on any atom is 0.0521 e. The van der Waals surface area contributed by atoms with Crippen molar-refractivity contribution >= 4 is 0 Å². The summed E-state index contributed by atoms with van der Waals surface area (Å²) in [7, 11) is 0. The van der Waals surface area contributed by atoms with Gasteiger partial charge in [-0.15, -0.1) is 0 Å². The molecule has 2 atom stereocenters. The zero-order valence-corrected chi connectivity index (χ0v) is 10.4. The Balaban J connectivity index is 2.41. The summed E-state index contributed by atoms with van der Waals surface area (Å²) < 4.78 is 5.50. The highest BCUT2D eigenvalue weighted by Gasteiger charge is 2.25. The van der Waals surface area contributed by atoms with E-state index in [2.05, 4.69) is 25.7 Å². The second kappa shape index (κ2) is 6.46. The van der Waals surface area contributed by atoms with Crippen LogP contribution in [-0.4, -0.2) is 43.3 Å². The van der Waals surface area contributed by atoms with E-state index >= 15 is 0 Å². The largest absolute Gasteiger partial charge is 0.381 e. The van der Waals surface area contributed by atoms with E-state index in [0.717, 1.165) is 26.2 Å². The van der Waals surface area contributed by atoms with Gasteiger partial charge in [-0.05, 0) is 33.2 Å². The molecular weight excluding hydrogens is 188 g/mol. The van der Waals surface area contributed by atoms with Crippen LogP contribution in [0.1, 0.15) is 33.6 Å². The highest BCUT2D eigenvalue weighted by Crippen LogP contribution is 2.15. The molecule has 0 aromatic rings. The van der Waals surface area contributed by atoms with E-state index in [9.17, 15) is 0 Å². The van der Waals surface area contributed by atoms with E-state index in [1.807, 2.05) is 0 Å². The predicted octanol–water partition coefficient (Wildman–Crippen LogP) is 1.47. The van der Waals surface area contributed by atoms with E-state index in [0.29, 0.717) is 18.0 Å². The van der Waals surface area contributed by atoms with Crippen LogP contribution < -0.4 is 5.73 Å². The van der Waals surface area contributed by atoms with Crippen molar-refractivity contribution in [2.75, 3.05) is 26.3 Å². The van der Waals surface area contributed by atoms with Crippen molar-refractivity contribution in [1.29, 1.82) is 0 Å². The van der Waals surface area contributed by atoms with E-state index in [-0.39, 0.29) is 0 Å². The van der Waals surface area contributed by atoms with Crippen molar-refractivity contribution in [3.63, 3.8) is 0 Å². The number of nitrogens with two attached hydrogens (primary N) is 1. The van der Waals surface area contributed by atoms with Crippen LogP contribution in [0.3, 0.4) is 0 Å². The molecule has 15 heavy (non-hydrogen) atoms. The fourth-order valence-electron chi connectivity index (χ4n) is 2.15. The zero-order chi connectivity index (χ0) is 11.3. The topological polar surface area (TPSA) is 38.5 Å². The minimum Gasteiger partial charge on any atom is -0.381 e. The Hall–Kier alpha value is -0.120. The molecule has 1 heterocycles. The summed E-state index contributed by atoms with van der Waals surface area (Å²) in [6.45, 7) is 10.7. The molecule has 2 unspecified atom stereocenters. The van der Waals surface area contributed by atoms with Crippen LogP contribution in [0.15, 0.2) is 0 Å². The minimum atomic E-state index is 0.330. The molecule has 1 aliphatic rings. The third-order valence-electron chi connectivity index (χ3n) is 3.24. The lowest BCUT2D eigenvalue weighted by molar-refractivity contribution is 0.0214. The van der Waals surface area contributed by atoms with Gasteiger partial charge in [-0.1, -0.05) is 6.92 Å². The van der Waals surface area contributed by atoms with Crippen LogP contribution in [0.2, 0.25) is 0 Å². The van der Waals surface area contributed by atoms with Crippen molar-refractivity contribution in [2.45, 2.75) is 45.7 Å². The number of rotatable bonds is 5. The summed E-state index contributed by atoms with van der Waals surface area (Å²) in [4.78, 5) is 2.51. The summed E-state index contributed by atoms with van der Waals surface area (Å²) >= 11 is 0. The highest BCUT2D eigenvalue weighted by atomic mass is 16.5. The molecule has 1 fully saturated rings. The predicted molar refractivity (Wildman–Crippen MR) is 63.9 cm³/mol. The molecule has 0 amide bonds. The lowest BCUT2D eigenvalue weighted by atomic mass is 9.95. The molecular formula is C12H26N2O. The van der Waals surface area contributed by atoms with Gasteiger partial charge in [0.25, 0.3) is 0 Å². The average molecular weight is 214 g/mol. The third-order valence-corrected chi connectivity index (χ3v) is 3.24. The van der Waals surface area contributed by atoms with Gasteiger partial charge in [0.15, 0.2) is 0 Å². The molecule has 1 rings (SSSR count). The van der Waals surface area contributed by atoms with E-state index in [1.54, 1.807) is 0 Å². The van der Waals surface area contributed by atoms with E-state index < -0.39 is 0 Å². The van der Waals surface area contributed by atoms with Gasteiger partial charge in [-0.2, -0.15) is 0 Å². The van der Waals surface area contributed by atoms with Gasteiger partial charge in [0, 0.05) is 31.2 Å². The lowest BCUT2D eigenvalue weighted by Crippen LogP contribution is -2.47. The number of hydrogen-bond acceptors (Lipinski definition) is 3. The summed E-state index contributed by atoms with van der Waals surface area (Å²) in [5, 5.41) is 0. The standard InChI is InChI=1S/C12H26N2O/c1-4-6-14(10(2)3)8-11-9-15-7-5-12(11)13/h10-12H,4-9,13H2,1-3H3. The van der Waals surface area contributed by atoms with Crippen molar-refractivity contribution < 1.29 is 4.74 Å². The lowest BCUT2D eigenvalue weighted by Gasteiger charge is -2.35. The van der Waals surface area contributed by atoms with Crippen LogP contribution in [0.5, 0.6) is 0 Å². The van der Waals surface area contributed by atoms with Crippen LogP contribution in [0, 0.1) is 5.92 Å². The molecule has 1 saturated heterocycles. The molecule has 0 aromatic carbocycles. The summed E-state index contributed by atoms with van der Waals surface area (Å²) in [5.74, 6) is 0.521. The van der Waals surface area contributed by atoms with Crippen molar-refractivity contribution in [3.8, 4) is 0 Å². The normalized spacial score (nSPS) is 27.6. The molecule has 0 bridgehead atoms. The van der Waals surface area contributed by atoms with Gasteiger partial charge in [-0.3, -0.25) is 0 Å². The molecule has 1 aliphatic heterocycles. The molecule has 0 aliphatic carbocycles. The molecule has 0 aromatic heterocycles. The Morgan fingerprint density at radius 3 is 2.73 bits per heavy atom. The van der Waals surface area contributed by atoms with Gasteiger partial charge in [0.05, 0.1) is 6.61 Å². The molecule has 0 saturated carbocycles. The highest BCUT2D eigenvalue weighted by molar-refractivity contribution is 4.80. The van der Waals surface area contributed by atoms with Crippen LogP contribution >= 0.6 is 0 Å². The molecule has 3 nitrogen and oxygen atoms in total. The van der Waals surface area contributed by atoms with Gasteiger partial charge in [0.1, 0.15) is 0 Å². The fraction of sp³-hybridized carbons (Fsp3) is 1.00. The minimum absolute atomic E-state index is 0.330. The summed E-state index contributed by atoms with van der Waals surface area (Å²) in [5.41, 5.74) is 6.12. The molecule has 3 heteroatoms. The maximum absolute atomic E-state index is 6.12. The second-order valence-electron chi connectivity index (χ2n) is 4.88. The first kappa shape index (κ1) is 12.9. The van der Waals surface area contributed by atoms with Gasteiger partial charge >= 0.3 is 0 Å². The number of nitrogens with zero attached hydrogens (tertiary/aromatic N) is 1. The first-order chi connectivity index (χ1) is 7.15. The molecule has 0 radical (unpaired) electrons. The Bertz CT molecular complexity index is 171. The number of hydrogen-bond donors (Lipinski definition) is 1. The van der Waals surface area contributed by atoms with E-state index in [4.69, 9.17) is 10.5 Å². The van der Waals surface area contributed by atoms with Crippen LogP contribution in [-0.2, 0) is 4.74 Å². The first-order valence-corrected chi connectivity index (χ1v) is 6.22. The van der Waals surface area contributed by atoms with E-state index in [1.165, 1.54) is 13.0 Å². The van der Waals surface area contributed by atoms with Gasteiger partial charge in [0.2, 0.25) is 0 Å². The summed E-state index contributed by atoms with van der Waals surface area (Å²) in [6, 6.07) is 0.941. The molecule has 90 valence electrons. The van der Waals surface area contributed by atoms with Gasteiger partial charge < -0.3 is 15.4 Å². The quantitative estimate of drug-likeness (QED) is 0.753. The van der Waals surface area contributed by atoms with Crippen molar-refractivity contribution in [1.82, 2.24) is 4.90 Å². The SMILES string of the molecule is CCCN(CC1COCCC1N)C(C)C. The maximum atomic E-state index is 6.12. The van der Waals surface area contributed by atoms with Crippen LogP contribution in [0.4, 0.5) is 0 Å². The first-order valence-electron chi connectivity index (χ1n) is 6.22. The fourth-order valence-corrected chi connectivity index (χ4v) is 2.15. The second-order valence-corrected chi connectivity index (χ2v) is 4.88. The van der Waals surface area contributed by atoms with Crippen LogP contribution in [0.25, 0.3) is 0 Å².